The normalized spacial score (nSPS) is 26.6. The molecule has 1 fully saturated rings. The van der Waals surface area contributed by atoms with Gasteiger partial charge in [-0.1, -0.05) is 0 Å². The molecular formula is C11H17ClN2S. The lowest BCUT2D eigenvalue weighted by atomic mass is 9.95. The number of hydrogen-bond acceptors (Lipinski definition) is 3. The molecule has 1 N–H and O–H groups in total. The maximum atomic E-state index is 6.07. The average Bonchev–Trinajstić information content (AvgIpc) is 2.50. The molecule has 0 unspecified atom stereocenters. The molecule has 2 nitrogen and oxygen atoms in total. The zero-order valence-electron chi connectivity index (χ0n) is 9.22. The Morgan fingerprint density at radius 3 is 2.47 bits per heavy atom. The van der Waals surface area contributed by atoms with Crippen LogP contribution in [-0.2, 0) is 0 Å². The fraction of sp³-hybridized carbons (Fsp3) is 0.727. The summed E-state index contributed by atoms with van der Waals surface area (Å²) in [6.45, 7) is 4.18. The van der Waals surface area contributed by atoms with Gasteiger partial charge in [0.2, 0.25) is 0 Å². The molecule has 1 aliphatic rings. The van der Waals surface area contributed by atoms with Gasteiger partial charge in [0.1, 0.15) is 0 Å². The summed E-state index contributed by atoms with van der Waals surface area (Å²) in [5, 5.41) is 4.98. The Labute approximate surface area is 100 Å². The molecule has 15 heavy (non-hydrogen) atoms. The summed E-state index contributed by atoms with van der Waals surface area (Å²) in [6.07, 6.45) is 4.60. The van der Waals surface area contributed by atoms with Crippen LogP contribution in [0, 0.1) is 13.8 Å². The molecule has 0 aliphatic heterocycles. The second-order valence-corrected chi connectivity index (χ2v) is 6.07. The Morgan fingerprint density at radius 2 is 1.93 bits per heavy atom. The van der Waals surface area contributed by atoms with Crippen molar-refractivity contribution in [2.24, 2.45) is 0 Å². The molecule has 1 aromatic rings. The number of alkyl halides is 1. The summed E-state index contributed by atoms with van der Waals surface area (Å²) in [5.41, 5.74) is 1.15. The number of nitrogens with one attached hydrogen (secondary N) is 1. The van der Waals surface area contributed by atoms with E-state index in [1.54, 1.807) is 11.3 Å². The van der Waals surface area contributed by atoms with E-state index >= 15 is 0 Å². The molecule has 0 spiro atoms. The minimum atomic E-state index is 0.391. The van der Waals surface area contributed by atoms with E-state index in [1.807, 2.05) is 0 Å². The van der Waals surface area contributed by atoms with Crippen LogP contribution in [0.5, 0.6) is 0 Å². The third-order valence-corrected chi connectivity index (χ3v) is 4.45. The molecule has 0 saturated heterocycles. The highest BCUT2D eigenvalue weighted by molar-refractivity contribution is 7.15. The van der Waals surface area contributed by atoms with Gasteiger partial charge < -0.3 is 5.32 Å². The molecule has 0 bridgehead atoms. The molecule has 0 aromatic carbocycles. The molecular weight excluding hydrogens is 228 g/mol. The first-order valence-electron chi connectivity index (χ1n) is 5.50. The first-order chi connectivity index (χ1) is 7.15. The van der Waals surface area contributed by atoms with Crippen molar-refractivity contribution in [1.82, 2.24) is 4.98 Å². The van der Waals surface area contributed by atoms with E-state index in [4.69, 9.17) is 11.6 Å². The van der Waals surface area contributed by atoms with Crippen LogP contribution in [0.3, 0.4) is 0 Å². The number of thiazole rings is 1. The lowest BCUT2D eigenvalue weighted by Crippen LogP contribution is -2.26. The number of nitrogens with zero attached hydrogens (tertiary/aromatic N) is 1. The lowest BCUT2D eigenvalue weighted by molar-refractivity contribution is 0.468. The number of aryl methyl sites for hydroxylation is 2. The monoisotopic (exact) mass is 244 g/mol. The van der Waals surface area contributed by atoms with Crippen molar-refractivity contribution in [3.8, 4) is 0 Å². The third-order valence-electron chi connectivity index (χ3n) is 3.01. The predicted molar refractivity (Wildman–Crippen MR) is 67.1 cm³/mol. The maximum absolute atomic E-state index is 6.07. The van der Waals surface area contributed by atoms with Crippen LogP contribution in [-0.4, -0.2) is 16.4 Å². The molecule has 0 radical (unpaired) electrons. The van der Waals surface area contributed by atoms with E-state index in [0.29, 0.717) is 11.4 Å². The molecule has 84 valence electrons. The molecule has 4 heteroatoms. The lowest BCUT2D eigenvalue weighted by Gasteiger charge is -2.25. The van der Waals surface area contributed by atoms with Gasteiger partial charge in [-0.15, -0.1) is 22.9 Å². The van der Waals surface area contributed by atoms with Gasteiger partial charge in [0.05, 0.1) is 5.69 Å². The summed E-state index contributed by atoms with van der Waals surface area (Å²) >= 11 is 7.83. The van der Waals surface area contributed by atoms with Crippen LogP contribution in [0.15, 0.2) is 0 Å². The first kappa shape index (κ1) is 11.2. The van der Waals surface area contributed by atoms with Gasteiger partial charge in [-0.2, -0.15) is 0 Å². The second-order valence-electron chi connectivity index (χ2n) is 4.25. The van der Waals surface area contributed by atoms with Gasteiger partial charge in [-0.05, 0) is 39.5 Å². The van der Waals surface area contributed by atoms with Crippen molar-refractivity contribution in [2.75, 3.05) is 5.32 Å². The van der Waals surface area contributed by atoms with E-state index in [0.717, 1.165) is 23.7 Å². The van der Waals surface area contributed by atoms with E-state index in [1.165, 1.54) is 17.7 Å². The Bertz CT molecular complexity index is 310. The van der Waals surface area contributed by atoms with Gasteiger partial charge in [0.15, 0.2) is 5.13 Å². The minimum Gasteiger partial charge on any atom is -0.359 e. The van der Waals surface area contributed by atoms with Crippen LogP contribution in [0.25, 0.3) is 0 Å². The van der Waals surface area contributed by atoms with E-state index in [-0.39, 0.29) is 0 Å². The highest BCUT2D eigenvalue weighted by Gasteiger charge is 2.20. The van der Waals surface area contributed by atoms with Crippen molar-refractivity contribution in [3.63, 3.8) is 0 Å². The van der Waals surface area contributed by atoms with Gasteiger partial charge in [0.25, 0.3) is 0 Å². The van der Waals surface area contributed by atoms with Crippen LogP contribution in [0.1, 0.15) is 36.3 Å². The van der Waals surface area contributed by atoms with Gasteiger partial charge >= 0.3 is 0 Å². The number of anilines is 1. The highest BCUT2D eigenvalue weighted by atomic mass is 35.5. The van der Waals surface area contributed by atoms with Crippen molar-refractivity contribution < 1.29 is 0 Å². The Kier molecular flexibility index (Phi) is 3.52. The van der Waals surface area contributed by atoms with Crippen molar-refractivity contribution >= 4 is 28.1 Å². The largest absolute Gasteiger partial charge is 0.359 e. The molecule has 0 atom stereocenters. The molecule has 1 aromatic heterocycles. The fourth-order valence-corrected chi connectivity index (χ4v) is 3.05. The van der Waals surface area contributed by atoms with Crippen LogP contribution < -0.4 is 5.32 Å². The SMILES string of the molecule is Cc1nc(NC2CCC(Cl)CC2)sc1C. The highest BCUT2D eigenvalue weighted by Crippen LogP contribution is 2.28. The van der Waals surface area contributed by atoms with Gasteiger partial charge in [0, 0.05) is 16.3 Å². The smallest absolute Gasteiger partial charge is 0.183 e. The first-order valence-corrected chi connectivity index (χ1v) is 6.75. The minimum absolute atomic E-state index is 0.391. The zero-order valence-corrected chi connectivity index (χ0v) is 10.8. The number of rotatable bonds is 2. The topological polar surface area (TPSA) is 24.9 Å². The number of hydrogen-bond donors (Lipinski definition) is 1. The molecule has 1 aliphatic carbocycles. The molecule has 0 amide bonds. The third kappa shape index (κ3) is 2.85. The summed E-state index contributed by atoms with van der Waals surface area (Å²) in [6, 6.07) is 0.574. The number of halogens is 1. The molecule has 1 saturated carbocycles. The fourth-order valence-electron chi connectivity index (χ4n) is 1.91. The van der Waals surface area contributed by atoms with Gasteiger partial charge in [-0.3, -0.25) is 0 Å². The zero-order chi connectivity index (χ0) is 10.8. The van der Waals surface area contributed by atoms with Crippen molar-refractivity contribution in [3.05, 3.63) is 10.6 Å². The van der Waals surface area contributed by atoms with E-state index in [9.17, 15) is 0 Å². The Balaban J connectivity index is 1.91. The Morgan fingerprint density at radius 1 is 1.27 bits per heavy atom. The van der Waals surface area contributed by atoms with Crippen LogP contribution in [0.2, 0.25) is 0 Å². The maximum Gasteiger partial charge on any atom is 0.183 e. The van der Waals surface area contributed by atoms with Crippen molar-refractivity contribution in [1.29, 1.82) is 0 Å². The summed E-state index contributed by atoms with van der Waals surface area (Å²) in [5.74, 6) is 0. The standard InChI is InChI=1S/C11H17ClN2S/c1-7-8(2)15-11(13-7)14-10-5-3-9(12)4-6-10/h9-10H,3-6H2,1-2H3,(H,13,14). The number of aromatic nitrogens is 1. The Hall–Kier alpha value is -0.280. The summed E-state index contributed by atoms with van der Waals surface area (Å²) < 4.78 is 0. The van der Waals surface area contributed by atoms with Crippen molar-refractivity contribution in [2.45, 2.75) is 50.9 Å². The predicted octanol–water partition coefficient (Wildman–Crippen LogP) is 3.72. The van der Waals surface area contributed by atoms with Gasteiger partial charge in [-0.25, -0.2) is 4.98 Å². The van der Waals surface area contributed by atoms with E-state index < -0.39 is 0 Å². The molecule has 2 rings (SSSR count). The average molecular weight is 245 g/mol. The summed E-state index contributed by atoms with van der Waals surface area (Å²) in [7, 11) is 0. The summed E-state index contributed by atoms with van der Waals surface area (Å²) in [4.78, 5) is 5.81. The molecule has 1 heterocycles. The van der Waals surface area contributed by atoms with Crippen LogP contribution in [0.4, 0.5) is 5.13 Å². The second kappa shape index (κ2) is 4.71. The van der Waals surface area contributed by atoms with E-state index in [2.05, 4.69) is 24.1 Å². The van der Waals surface area contributed by atoms with Crippen LogP contribution >= 0.6 is 22.9 Å². The quantitative estimate of drug-likeness (QED) is 0.802.